The van der Waals surface area contributed by atoms with Gasteiger partial charge in [0.1, 0.15) is 11.3 Å². The summed E-state index contributed by atoms with van der Waals surface area (Å²) in [5.41, 5.74) is 2.05. The van der Waals surface area contributed by atoms with E-state index in [0.717, 1.165) is 10.9 Å². The fraction of sp³-hybridized carbons (Fsp3) is 0.250. The average Bonchev–Trinajstić information content (AvgIpc) is 3.03. The van der Waals surface area contributed by atoms with Crippen molar-refractivity contribution >= 4 is 39.9 Å². The summed E-state index contributed by atoms with van der Waals surface area (Å²) < 4.78 is 5.78. The van der Waals surface area contributed by atoms with Gasteiger partial charge in [-0.3, -0.25) is 14.9 Å². The molecule has 0 spiro atoms. The fourth-order valence-corrected chi connectivity index (χ4v) is 3.75. The summed E-state index contributed by atoms with van der Waals surface area (Å²) in [5, 5.41) is 12.7. The lowest BCUT2D eigenvalue weighted by Gasteiger charge is -2.35. The van der Waals surface area contributed by atoms with E-state index >= 15 is 0 Å². The molecule has 0 radical (unpaired) electrons. The molecule has 0 aliphatic carbocycles. The molecule has 1 saturated heterocycles. The van der Waals surface area contributed by atoms with E-state index in [1.165, 1.54) is 6.07 Å². The summed E-state index contributed by atoms with van der Waals surface area (Å²) >= 11 is 6.05. The molecule has 0 N–H and O–H groups in total. The second-order valence-corrected chi connectivity index (χ2v) is 7.16. The number of hydrogen-bond donors (Lipinski definition) is 0. The van der Waals surface area contributed by atoms with Crippen LogP contribution in [0.4, 0.5) is 11.4 Å². The molecule has 1 aromatic heterocycles. The summed E-state index contributed by atoms with van der Waals surface area (Å²) in [6.07, 6.45) is 0. The Hall–Kier alpha value is -3.06. The van der Waals surface area contributed by atoms with Crippen LogP contribution in [0.2, 0.25) is 5.02 Å². The van der Waals surface area contributed by atoms with Crippen LogP contribution in [0.5, 0.6) is 0 Å². The lowest BCUT2D eigenvalue weighted by Crippen LogP contribution is -2.49. The molecule has 4 rings (SSSR count). The van der Waals surface area contributed by atoms with Crippen molar-refractivity contribution in [3.8, 4) is 0 Å². The Labute approximate surface area is 166 Å². The minimum absolute atomic E-state index is 0.0762. The highest BCUT2D eigenvalue weighted by molar-refractivity contribution is 6.31. The van der Waals surface area contributed by atoms with E-state index in [1.54, 1.807) is 41.3 Å². The minimum atomic E-state index is -0.379. The summed E-state index contributed by atoms with van der Waals surface area (Å²) in [7, 11) is 0. The molecule has 0 saturated carbocycles. The highest BCUT2D eigenvalue weighted by atomic mass is 35.5. The van der Waals surface area contributed by atoms with Crippen molar-refractivity contribution < 1.29 is 14.1 Å². The van der Waals surface area contributed by atoms with Gasteiger partial charge in [0, 0.05) is 48.2 Å². The topological polar surface area (TPSA) is 79.8 Å². The second kappa shape index (κ2) is 7.16. The Kier molecular flexibility index (Phi) is 4.68. The van der Waals surface area contributed by atoms with Crippen LogP contribution in [0.25, 0.3) is 11.0 Å². The Morgan fingerprint density at radius 3 is 2.57 bits per heavy atom. The van der Waals surface area contributed by atoms with Crippen molar-refractivity contribution in [1.82, 2.24) is 4.90 Å². The highest BCUT2D eigenvalue weighted by Gasteiger charge is 2.28. The van der Waals surface area contributed by atoms with Crippen LogP contribution in [0.1, 0.15) is 16.1 Å². The van der Waals surface area contributed by atoms with Gasteiger partial charge in [-0.1, -0.05) is 23.7 Å². The van der Waals surface area contributed by atoms with Gasteiger partial charge in [-0.2, -0.15) is 0 Å². The molecule has 0 unspecified atom stereocenters. The Bertz CT molecular complexity index is 1070. The number of furan rings is 1. The number of amides is 1. The normalized spacial score (nSPS) is 14.5. The number of aryl methyl sites for hydroxylation is 1. The van der Waals surface area contributed by atoms with Gasteiger partial charge in [-0.15, -0.1) is 0 Å². The Morgan fingerprint density at radius 2 is 1.86 bits per heavy atom. The molecule has 2 aromatic carbocycles. The zero-order chi connectivity index (χ0) is 19.8. The molecule has 7 nitrogen and oxygen atoms in total. The smallest absolute Gasteiger partial charge is 0.292 e. The predicted molar refractivity (Wildman–Crippen MR) is 107 cm³/mol. The van der Waals surface area contributed by atoms with E-state index < -0.39 is 0 Å². The average molecular weight is 400 g/mol. The molecule has 8 heteroatoms. The van der Waals surface area contributed by atoms with Gasteiger partial charge in [0.05, 0.1) is 4.92 Å². The molecule has 1 aliphatic rings. The Morgan fingerprint density at radius 1 is 1.14 bits per heavy atom. The maximum Gasteiger partial charge on any atom is 0.292 e. The first-order valence-electron chi connectivity index (χ1n) is 8.92. The quantitative estimate of drug-likeness (QED) is 0.485. The number of piperazine rings is 1. The van der Waals surface area contributed by atoms with Gasteiger partial charge in [-0.05, 0) is 31.2 Å². The standard InChI is InChI=1S/C20H18ClN3O4/c1-13-15-12-14(21)6-7-18(15)28-19(13)20(25)23-10-8-22(9-11-23)16-4-2-3-5-17(16)24(26)27/h2-7,12H,8-11H2,1H3. The molecule has 1 amide bonds. The molecular formula is C20H18ClN3O4. The number of hydrogen-bond acceptors (Lipinski definition) is 5. The largest absolute Gasteiger partial charge is 0.451 e. The van der Waals surface area contributed by atoms with Gasteiger partial charge >= 0.3 is 0 Å². The van der Waals surface area contributed by atoms with Gasteiger partial charge in [-0.25, -0.2) is 0 Å². The van der Waals surface area contributed by atoms with Gasteiger partial charge in [0.25, 0.3) is 11.6 Å². The third kappa shape index (κ3) is 3.18. The minimum Gasteiger partial charge on any atom is -0.451 e. The fourth-order valence-electron chi connectivity index (χ4n) is 3.58. The monoisotopic (exact) mass is 399 g/mol. The molecule has 1 aliphatic heterocycles. The number of nitro groups is 1. The number of anilines is 1. The zero-order valence-electron chi connectivity index (χ0n) is 15.2. The molecule has 3 aromatic rings. The van der Waals surface area contributed by atoms with Crippen LogP contribution >= 0.6 is 11.6 Å². The summed E-state index contributed by atoms with van der Waals surface area (Å²) in [6.45, 7) is 3.80. The van der Waals surface area contributed by atoms with Crippen molar-refractivity contribution in [2.24, 2.45) is 0 Å². The van der Waals surface area contributed by atoms with Crippen molar-refractivity contribution in [1.29, 1.82) is 0 Å². The molecule has 0 atom stereocenters. The first-order valence-corrected chi connectivity index (χ1v) is 9.30. The molecule has 1 fully saturated rings. The molecule has 28 heavy (non-hydrogen) atoms. The van der Waals surface area contributed by atoms with Crippen LogP contribution in [0, 0.1) is 17.0 Å². The first kappa shape index (κ1) is 18.3. The summed E-state index contributed by atoms with van der Waals surface area (Å²) in [6, 6.07) is 11.9. The molecule has 0 bridgehead atoms. The maximum absolute atomic E-state index is 13.0. The number of carbonyl (C=O) groups is 1. The first-order chi connectivity index (χ1) is 13.5. The van der Waals surface area contributed by atoms with E-state index in [0.29, 0.717) is 48.2 Å². The number of nitrogens with zero attached hydrogens (tertiary/aromatic N) is 3. The van der Waals surface area contributed by atoms with E-state index in [4.69, 9.17) is 16.0 Å². The maximum atomic E-state index is 13.0. The van der Waals surface area contributed by atoms with Gasteiger partial charge < -0.3 is 14.2 Å². The van der Waals surface area contributed by atoms with E-state index in [-0.39, 0.29) is 16.5 Å². The summed E-state index contributed by atoms with van der Waals surface area (Å²) in [5.74, 6) is 0.142. The Balaban J connectivity index is 1.52. The number of rotatable bonds is 3. The van der Waals surface area contributed by atoms with Crippen LogP contribution in [0.3, 0.4) is 0 Å². The zero-order valence-corrected chi connectivity index (χ0v) is 16.0. The predicted octanol–water partition coefficient (Wildman–Crippen LogP) is 4.27. The summed E-state index contributed by atoms with van der Waals surface area (Å²) in [4.78, 5) is 27.5. The van der Waals surface area contributed by atoms with E-state index in [1.807, 2.05) is 11.8 Å². The van der Waals surface area contributed by atoms with Crippen LogP contribution in [-0.2, 0) is 0 Å². The number of halogens is 1. The van der Waals surface area contributed by atoms with E-state index in [2.05, 4.69) is 0 Å². The van der Waals surface area contributed by atoms with Crippen molar-refractivity contribution in [2.75, 3.05) is 31.1 Å². The van der Waals surface area contributed by atoms with Gasteiger partial charge in [0.15, 0.2) is 5.76 Å². The number of fused-ring (bicyclic) bond motifs is 1. The number of benzene rings is 2. The lowest BCUT2D eigenvalue weighted by atomic mass is 10.1. The molecular weight excluding hydrogens is 382 g/mol. The van der Waals surface area contributed by atoms with Crippen molar-refractivity contribution in [3.63, 3.8) is 0 Å². The molecule has 2 heterocycles. The SMILES string of the molecule is Cc1c(C(=O)N2CCN(c3ccccc3[N+](=O)[O-])CC2)oc2ccc(Cl)cc12. The van der Waals surface area contributed by atoms with Crippen molar-refractivity contribution in [2.45, 2.75) is 6.92 Å². The third-order valence-corrected chi connectivity index (χ3v) is 5.31. The van der Waals surface area contributed by atoms with E-state index in [9.17, 15) is 14.9 Å². The lowest BCUT2D eigenvalue weighted by molar-refractivity contribution is -0.384. The third-order valence-electron chi connectivity index (χ3n) is 5.08. The number of carbonyl (C=O) groups excluding carboxylic acids is 1. The second-order valence-electron chi connectivity index (χ2n) is 6.72. The van der Waals surface area contributed by atoms with Gasteiger partial charge in [0.2, 0.25) is 0 Å². The highest BCUT2D eigenvalue weighted by Crippen LogP contribution is 2.31. The number of nitro benzene ring substituents is 1. The van der Waals surface area contributed by atoms with Crippen LogP contribution in [-0.4, -0.2) is 41.9 Å². The number of para-hydroxylation sites is 2. The van der Waals surface area contributed by atoms with Crippen LogP contribution in [0.15, 0.2) is 46.9 Å². The van der Waals surface area contributed by atoms with Crippen molar-refractivity contribution in [3.05, 3.63) is 68.9 Å². The molecule has 144 valence electrons. The van der Waals surface area contributed by atoms with Crippen LogP contribution < -0.4 is 4.90 Å².